The Bertz CT molecular complexity index is 705. The second-order valence-corrected chi connectivity index (χ2v) is 6.92. The highest BCUT2D eigenvalue weighted by atomic mass is 32.1. The quantitative estimate of drug-likeness (QED) is 0.483. The molecule has 0 amide bonds. The minimum atomic E-state index is -2.86. The van der Waals surface area contributed by atoms with Crippen LogP contribution in [-0.4, -0.2) is 30.8 Å². The summed E-state index contributed by atoms with van der Waals surface area (Å²) in [6.45, 7) is 2.65. The van der Waals surface area contributed by atoms with Crippen LogP contribution in [0.25, 0.3) is 0 Å². The molecule has 1 unspecified atom stereocenters. The number of ether oxygens (including phenoxy) is 1. The molecule has 1 heterocycles. The fourth-order valence-corrected chi connectivity index (χ4v) is 3.07. The summed E-state index contributed by atoms with van der Waals surface area (Å²) in [4.78, 5) is 6.90. The van der Waals surface area contributed by atoms with Crippen molar-refractivity contribution in [1.82, 2.24) is 10.6 Å². The molecule has 1 atom stereocenters. The zero-order valence-electron chi connectivity index (χ0n) is 14.7. The normalized spacial score (nSPS) is 12.9. The molecule has 1 aromatic carbocycles. The van der Waals surface area contributed by atoms with E-state index in [-0.39, 0.29) is 12.3 Å². The summed E-state index contributed by atoms with van der Waals surface area (Å²) in [5, 5.41) is 16.5. The molecule has 0 bridgehead atoms. The van der Waals surface area contributed by atoms with E-state index >= 15 is 0 Å². The van der Waals surface area contributed by atoms with Crippen LogP contribution < -0.4 is 15.4 Å². The van der Waals surface area contributed by atoms with E-state index in [0.717, 1.165) is 4.88 Å². The van der Waals surface area contributed by atoms with Crippen LogP contribution in [0.1, 0.15) is 28.3 Å². The minimum absolute atomic E-state index is 0.0602. The van der Waals surface area contributed by atoms with Crippen LogP contribution in [0.3, 0.4) is 0 Å². The van der Waals surface area contributed by atoms with Crippen molar-refractivity contribution in [2.24, 2.45) is 4.99 Å². The summed E-state index contributed by atoms with van der Waals surface area (Å²) in [5.41, 5.74) is 0.601. The lowest BCUT2D eigenvalue weighted by atomic mass is 10.1. The van der Waals surface area contributed by atoms with E-state index in [4.69, 9.17) is 0 Å². The number of aryl methyl sites for hydroxylation is 1. The number of aliphatic hydroxyl groups excluding tert-OH is 1. The number of benzene rings is 1. The number of halogens is 2. The molecule has 0 radical (unpaired) electrons. The van der Waals surface area contributed by atoms with E-state index in [1.54, 1.807) is 23.5 Å². The molecule has 0 fully saturated rings. The fraction of sp³-hybridized carbons (Fsp3) is 0.389. The molecule has 1 aromatic heterocycles. The van der Waals surface area contributed by atoms with Gasteiger partial charge in [0.05, 0.1) is 12.6 Å². The number of hydrogen-bond donors (Lipinski definition) is 3. The molecule has 5 nitrogen and oxygen atoms in total. The number of aliphatic imine (C=N–C) groups is 1. The standard InChI is InChI=1S/C18H23F2N3O2S/c1-3-21-18(22-10-15-9-4-12(2)26-15)23-11-16(24)13-5-7-14(8-6-13)25-17(19)20/h4-9,16-17,24H,3,10-11H2,1-2H3,(H2,21,22,23). The van der Waals surface area contributed by atoms with Crippen LogP contribution in [0.4, 0.5) is 8.78 Å². The number of thiophene rings is 1. The molecule has 0 saturated heterocycles. The summed E-state index contributed by atoms with van der Waals surface area (Å²) in [5.74, 6) is 0.667. The predicted octanol–water partition coefficient (Wildman–Crippen LogP) is 3.45. The first kappa shape index (κ1) is 20.1. The first-order valence-electron chi connectivity index (χ1n) is 8.28. The maximum Gasteiger partial charge on any atom is 0.387 e. The van der Waals surface area contributed by atoms with Crippen molar-refractivity contribution in [3.63, 3.8) is 0 Å². The SMILES string of the molecule is CCNC(=NCc1ccc(C)s1)NCC(O)c1ccc(OC(F)F)cc1. The average Bonchev–Trinajstić information content (AvgIpc) is 3.02. The Kier molecular flexibility index (Phi) is 7.80. The Balaban J connectivity index is 1.90. The molecule has 142 valence electrons. The van der Waals surface area contributed by atoms with Gasteiger partial charge in [-0.15, -0.1) is 11.3 Å². The molecule has 3 N–H and O–H groups in total. The number of hydrogen-bond acceptors (Lipinski definition) is 4. The van der Waals surface area contributed by atoms with Crippen LogP contribution in [0.5, 0.6) is 5.75 Å². The number of alkyl halides is 2. The summed E-state index contributed by atoms with van der Waals surface area (Å²) in [7, 11) is 0. The molecule has 2 rings (SSSR count). The maximum atomic E-state index is 12.2. The molecule has 0 aliphatic carbocycles. The summed E-state index contributed by atoms with van der Waals surface area (Å²) < 4.78 is 28.6. The van der Waals surface area contributed by atoms with Gasteiger partial charge in [-0.3, -0.25) is 0 Å². The summed E-state index contributed by atoms with van der Waals surface area (Å²) >= 11 is 1.70. The smallest absolute Gasteiger partial charge is 0.387 e. The summed E-state index contributed by atoms with van der Waals surface area (Å²) in [6, 6.07) is 10.0. The van der Waals surface area contributed by atoms with Gasteiger partial charge >= 0.3 is 6.61 Å². The first-order valence-corrected chi connectivity index (χ1v) is 9.10. The van der Waals surface area contributed by atoms with Crippen molar-refractivity contribution in [3.8, 4) is 5.75 Å². The number of rotatable bonds is 8. The lowest BCUT2D eigenvalue weighted by molar-refractivity contribution is -0.0498. The minimum Gasteiger partial charge on any atom is -0.435 e. The van der Waals surface area contributed by atoms with Gasteiger partial charge in [-0.2, -0.15) is 8.78 Å². The van der Waals surface area contributed by atoms with E-state index in [2.05, 4.69) is 33.4 Å². The molecular formula is C18H23F2N3O2S. The highest BCUT2D eigenvalue weighted by Crippen LogP contribution is 2.19. The van der Waals surface area contributed by atoms with Gasteiger partial charge in [0.15, 0.2) is 5.96 Å². The van der Waals surface area contributed by atoms with Gasteiger partial charge < -0.3 is 20.5 Å². The van der Waals surface area contributed by atoms with Gasteiger partial charge in [-0.1, -0.05) is 12.1 Å². The van der Waals surface area contributed by atoms with Gasteiger partial charge in [0.2, 0.25) is 0 Å². The van der Waals surface area contributed by atoms with Gasteiger partial charge in [0.25, 0.3) is 0 Å². The Hall–Kier alpha value is -2.19. The first-order chi connectivity index (χ1) is 12.5. The van der Waals surface area contributed by atoms with Crippen LogP contribution >= 0.6 is 11.3 Å². The third-order valence-corrected chi connectivity index (χ3v) is 4.47. The van der Waals surface area contributed by atoms with Crippen molar-refractivity contribution in [3.05, 3.63) is 51.7 Å². The topological polar surface area (TPSA) is 65.9 Å². The molecule has 0 spiro atoms. The van der Waals surface area contributed by atoms with Gasteiger partial charge in [0.1, 0.15) is 5.75 Å². The number of nitrogens with zero attached hydrogens (tertiary/aromatic N) is 1. The molecular weight excluding hydrogens is 360 g/mol. The zero-order valence-corrected chi connectivity index (χ0v) is 15.5. The van der Waals surface area contributed by atoms with Crippen LogP contribution in [0.15, 0.2) is 41.4 Å². The number of aliphatic hydroxyl groups is 1. The Morgan fingerprint density at radius 3 is 2.50 bits per heavy atom. The summed E-state index contributed by atoms with van der Waals surface area (Å²) in [6.07, 6.45) is -0.802. The predicted molar refractivity (Wildman–Crippen MR) is 99.9 cm³/mol. The van der Waals surface area contributed by atoms with E-state index in [1.807, 2.05) is 13.0 Å². The highest BCUT2D eigenvalue weighted by Gasteiger charge is 2.10. The zero-order chi connectivity index (χ0) is 18.9. The van der Waals surface area contributed by atoms with Crippen molar-refractivity contribution < 1.29 is 18.6 Å². The average molecular weight is 383 g/mol. The Morgan fingerprint density at radius 1 is 1.19 bits per heavy atom. The van der Waals surface area contributed by atoms with Gasteiger partial charge in [0, 0.05) is 22.8 Å². The van der Waals surface area contributed by atoms with Crippen molar-refractivity contribution >= 4 is 17.3 Å². The molecule has 2 aromatic rings. The van der Waals surface area contributed by atoms with Crippen LogP contribution in [0, 0.1) is 6.92 Å². The Morgan fingerprint density at radius 2 is 1.92 bits per heavy atom. The monoisotopic (exact) mass is 383 g/mol. The van der Waals surface area contributed by atoms with E-state index < -0.39 is 12.7 Å². The molecule has 0 aliphatic heterocycles. The van der Waals surface area contributed by atoms with Crippen LogP contribution in [0.2, 0.25) is 0 Å². The van der Waals surface area contributed by atoms with Gasteiger partial charge in [-0.05, 0) is 43.7 Å². The van der Waals surface area contributed by atoms with E-state index in [1.165, 1.54) is 17.0 Å². The lowest BCUT2D eigenvalue weighted by Crippen LogP contribution is -2.39. The third-order valence-electron chi connectivity index (χ3n) is 3.49. The molecule has 0 aliphatic rings. The molecule has 0 saturated carbocycles. The lowest BCUT2D eigenvalue weighted by Gasteiger charge is -2.16. The van der Waals surface area contributed by atoms with Crippen molar-refractivity contribution in [1.29, 1.82) is 0 Å². The maximum absolute atomic E-state index is 12.2. The van der Waals surface area contributed by atoms with E-state index in [0.29, 0.717) is 24.6 Å². The second kappa shape index (κ2) is 10.1. The van der Waals surface area contributed by atoms with Crippen molar-refractivity contribution in [2.75, 3.05) is 13.1 Å². The Labute approximate surface area is 155 Å². The van der Waals surface area contributed by atoms with Crippen molar-refractivity contribution in [2.45, 2.75) is 33.1 Å². The van der Waals surface area contributed by atoms with Crippen LogP contribution in [-0.2, 0) is 6.54 Å². The second-order valence-electron chi connectivity index (χ2n) is 5.55. The highest BCUT2D eigenvalue weighted by molar-refractivity contribution is 7.11. The largest absolute Gasteiger partial charge is 0.435 e. The molecule has 26 heavy (non-hydrogen) atoms. The molecule has 8 heteroatoms. The number of nitrogens with one attached hydrogen (secondary N) is 2. The number of guanidine groups is 1. The fourth-order valence-electron chi connectivity index (χ4n) is 2.25. The third kappa shape index (κ3) is 6.61. The van der Waals surface area contributed by atoms with Gasteiger partial charge in [-0.25, -0.2) is 4.99 Å². The van der Waals surface area contributed by atoms with E-state index in [9.17, 15) is 13.9 Å².